The molecule has 0 spiro atoms. The van der Waals surface area contributed by atoms with Crippen LogP contribution in [0, 0.1) is 0 Å². The molecule has 2 unspecified atom stereocenters. The molecule has 1 saturated heterocycles. The van der Waals surface area contributed by atoms with Gasteiger partial charge in [0.05, 0.1) is 0 Å². The van der Waals surface area contributed by atoms with Crippen LogP contribution >= 0.6 is 11.6 Å². The molecule has 7 heteroatoms. The Balaban J connectivity index is 0.00000180. The quantitative estimate of drug-likeness (QED) is 0.511. The summed E-state index contributed by atoms with van der Waals surface area (Å²) in [5, 5.41) is 0.0451. The summed E-state index contributed by atoms with van der Waals surface area (Å²) in [5.74, 6) is -0.160. The van der Waals surface area contributed by atoms with Crippen molar-refractivity contribution in [2.24, 2.45) is 0 Å². The van der Waals surface area contributed by atoms with Gasteiger partial charge in [-0.1, -0.05) is 28.7 Å². The van der Waals surface area contributed by atoms with Crippen LogP contribution in [0.3, 0.4) is 0 Å². The van der Waals surface area contributed by atoms with Crippen LogP contribution in [-0.2, 0) is 11.1 Å². The number of rotatable bonds is 2. The molecule has 19 heavy (non-hydrogen) atoms. The van der Waals surface area contributed by atoms with Crippen molar-refractivity contribution in [3.05, 3.63) is 34.9 Å². The summed E-state index contributed by atoms with van der Waals surface area (Å²) in [5.41, 5.74) is 0.500. The van der Waals surface area contributed by atoms with Gasteiger partial charge in [-0.3, -0.25) is 9.00 Å². The molecule has 0 aliphatic carbocycles. The zero-order chi connectivity index (χ0) is 13.1. The molecule has 0 radical (unpaired) electrons. The predicted octanol–water partition coefficient (Wildman–Crippen LogP) is -1.17. The Bertz CT molecular complexity index is 486. The van der Waals surface area contributed by atoms with E-state index in [-0.39, 0.29) is 42.0 Å². The van der Waals surface area contributed by atoms with E-state index in [1.165, 1.54) is 0 Å². The van der Waals surface area contributed by atoms with Gasteiger partial charge in [0.15, 0.2) is 0 Å². The van der Waals surface area contributed by atoms with Crippen LogP contribution in [0.15, 0.2) is 24.3 Å². The zero-order valence-electron chi connectivity index (χ0n) is 10.7. The van der Waals surface area contributed by atoms with Gasteiger partial charge in [0, 0.05) is 28.9 Å². The van der Waals surface area contributed by atoms with Gasteiger partial charge in [0.2, 0.25) is 0 Å². The number of hydrogen-bond donors (Lipinski definition) is 0. The zero-order valence-corrected chi connectivity index (χ0v) is 14.2. The molecule has 0 bridgehead atoms. The summed E-state index contributed by atoms with van der Waals surface area (Å²) in [7, 11) is 0. The molecule has 98 valence electrons. The van der Waals surface area contributed by atoms with Crippen LogP contribution in [-0.4, -0.2) is 37.9 Å². The molecule has 1 aromatic rings. The molecule has 1 aliphatic rings. The van der Waals surface area contributed by atoms with E-state index < -0.39 is 16.3 Å². The first kappa shape index (κ1) is 17.1. The number of carbonyl (C=O) groups is 1. The Morgan fingerprint density at radius 1 is 1.47 bits per heavy atom. The Kier molecular flexibility index (Phi) is 7.00. The Hall–Kier alpha value is 0.0900. The summed E-state index contributed by atoms with van der Waals surface area (Å²) in [6.45, 7) is 0.862. The molecule has 1 fully saturated rings. The number of amides is 1. The maximum Gasteiger partial charge on any atom is 1.00 e. The van der Waals surface area contributed by atoms with E-state index in [1.54, 1.807) is 29.2 Å². The average molecular weight is 310 g/mol. The average Bonchev–Trinajstić information content (AvgIpc) is 2.38. The van der Waals surface area contributed by atoms with E-state index >= 15 is 0 Å². The van der Waals surface area contributed by atoms with Crippen molar-refractivity contribution in [2.45, 2.75) is 18.1 Å². The van der Waals surface area contributed by atoms with E-state index in [2.05, 4.69) is 0 Å². The fraction of sp³-hybridized carbons (Fsp3) is 0.417. The maximum absolute atomic E-state index is 12.2. The van der Waals surface area contributed by atoms with E-state index in [0.29, 0.717) is 30.0 Å². The van der Waals surface area contributed by atoms with Crippen LogP contribution in [0.5, 0.6) is 0 Å². The van der Waals surface area contributed by atoms with Crippen molar-refractivity contribution < 1.29 is 43.1 Å². The monoisotopic (exact) mass is 309 g/mol. The van der Waals surface area contributed by atoms with E-state index in [1.807, 2.05) is 0 Å². The molecule has 0 saturated carbocycles. The predicted molar refractivity (Wildman–Crippen MR) is 69.3 cm³/mol. The molecule has 2 atom stereocenters. The molecule has 2 rings (SSSR count). The first-order valence-corrected chi connectivity index (χ1v) is 7.22. The van der Waals surface area contributed by atoms with E-state index in [4.69, 9.17) is 11.6 Å². The summed E-state index contributed by atoms with van der Waals surface area (Å²) >= 11 is 3.72. The van der Waals surface area contributed by atoms with Gasteiger partial charge in [-0.25, -0.2) is 0 Å². The third-order valence-corrected chi connectivity index (χ3v) is 4.17. The number of likely N-dealkylation sites (tertiary alicyclic amines) is 1. The van der Waals surface area contributed by atoms with Gasteiger partial charge < -0.3 is 9.45 Å². The maximum atomic E-state index is 12.2. The fourth-order valence-electron chi connectivity index (χ4n) is 2.08. The standard InChI is InChI=1S/C12H14ClNO3S.Na/c13-10-4-1-3-9(7-10)12(15)14-6-2-5-11(8-14)18(16)17;/h1,3-4,7,11H,2,5-6,8H2,(H,16,17);/q;+1/p-1. The van der Waals surface area contributed by atoms with Gasteiger partial charge in [0.1, 0.15) is 0 Å². The van der Waals surface area contributed by atoms with Crippen LogP contribution in [0.25, 0.3) is 0 Å². The van der Waals surface area contributed by atoms with Crippen molar-refractivity contribution in [1.29, 1.82) is 0 Å². The molecule has 4 nitrogen and oxygen atoms in total. The summed E-state index contributed by atoms with van der Waals surface area (Å²) < 4.78 is 21.9. The molecule has 0 aromatic heterocycles. The topological polar surface area (TPSA) is 60.4 Å². The Morgan fingerprint density at radius 2 is 2.21 bits per heavy atom. The number of hydrogen-bond acceptors (Lipinski definition) is 3. The normalized spacial score (nSPS) is 20.5. The number of carbonyl (C=O) groups excluding carboxylic acids is 1. The van der Waals surface area contributed by atoms with Crippen LogP contribution < -0.4 is 29.6 Å². The molecule has 1 aliphatic heterocycles. The first-order valence-electron chi connectivity index (χ1n) is 5.71. The van der Waals surface area contributed by atoms with Crippen molar-refractivity contribution in [2.75, 3.05) is 13.1 Å². The number of piperidine rings is 1. The van der Waals surface area contributed by atoms with Crippen LogP contribution in [0.2, 0.25) is 5.02 Å². The van der Waals surface area contributed by atoms with E-state index in [0.717, 1.165) is 0 Å². The minimum atomic E-state index is -2.12. The third-order valence-electron chi connectivity index (χ3n) is 3.01. The molecule has 1 aromatic carbocycles. The molecular formula is C12H13ClNNaO3S. The van der Waals surface area contributed by atoms with Crippen molar-refractivity contribution in [1.82, 2.24) is 4.90 Å². The first-order chi connectivity index (χ1) is 8.58. The van der Waals surface area contributed by atoms with Gasteiger partial charge >= 0.3 is 29.6 Å². The van der Waals surface area contributed by atoms with E-state index in [9.17, 15) is 13.6 Å². The fourth-order valence-corrected chi connectivity index (χ4v) is 2.93. The van der Waals surface area contributed by atoms with Crippen LogP contribution in [0.4, 0.5) is 0 Å². The number of halogens is 1. The molecule has 1 heterocycles. The Morgan fingerprint density at radius 3 is 2.84 bits per heavy atom. The van der Waals surface area contributed by atoms with Crippen molar-refractivity contribution >= 4 is 28.6 Å². The van der Waals surface area contributed by atoms with Crippen molar-refractivity contribution in [3.63, 3.8) is 0 Å². The second kappa shape index (κ2) is 7.76. The minimum absolute atomic E-state index is 0. The second-order valence-electron chi connectivity index (χ2n) is 4.29. The SMILES string of the molecule is O=C(c1cccc(Cl)c1)N1CCCC(S(=O)[O-])C1.[Na+]. The van der Waals surface area contributed by atoms with Crippen molar-refractivity contribution in [3.8, 4) is 0 Å². The number of benzene rings is 1. The van der Waals surface area contributed by atoms with Gasteiger partial charge in [-0.05, 0) is 31.0 Å². The molecular weight excluding hydrogens is 297 g/mol. The summed E-state index contributed by atoms with van der Waals surface area (Å²) in [6.07, 6.45) is 1.33. The largest absolute Gasteiger partial charge is 1.00 e. The molecule has 0 N–H and O–H groups in total. The minimum Gasteiger partial charge on any atom is -0.772 e. The smallest absolute Gasteiger partial charge is 0.772 e. The second-order valence-corrected chi connectivity index (χ2v) is 5.91. The van der Waals surface area contributed by atoms with Gasteiger partial charge in [-0.2, -0.15) is 0 Å². The van der Waals surface area contributed by atoms with Gasteiger partial charge in [-0.15, -0.1) is 0 Å². The molecule has 1 amide bonds. The third kappa shape index (κ3) is 4.55. The van der Waals surface area contributed by atoms with Crippen LogP contribution in [0.1, 0.15) is 23.2 Å². The number of nitrogens with zero attached hydrogens (tertiary/aromatic N) is 1. The van der Waals surface area contributed by atoms with Gasteiger partial charge in [0.25, 0.3) is 5.91 Å². The summed E-state index contributed by atoms with van der Waals surface area (Å²) in [6, 6.07) is 6.69. The summed E-state index contributed by atoms with van der Waals surface area (Å²) in [4.78, 5) is 13.8. The Labute approximate surface area is 142 Å².